The van der Waals surface area contributed by atoms with Crippen LogP contribution in [0, 0.1) is 0 Å². The highest BCUT2D eigenvalue weighted by atomic mass is 32.2. The second-order valence-corrected chi connectivity index (χ2v) is 8.32. The van der Waals surface area contributed by atoms with Gasteiger partial charge < -0.3 is 0 Å². The van der Waals surface area contributed by atoms with E-state index in [0.29, 0.717) is 16.6 Å². The molecule has 0 amide bonds. The summed E-state index contributed by atoms with van der Waals surface area (Å²) in [6.45, 7) is 0. The highest BCUT2D eigenvalue weighted by Gasteiger charge is 2.28. The van der Waals surface area contributed by atoms with E-state index < -0.39 is 16.2 Å². The molecular weight excluding hydrogens is 382 g/mol. The average Bonchev–Trinajstić information content (AvgIpc) is 2.75. The number of nitrogens with zero attached hydrogens (tertiary/aromatic N) is 3. The minimum absolute atomic E-state index is 0.226. The predicted octanol–water partition coefficient (Wildman–Crippen LogP) is 3.75. The minimum atomic E-state index is -1.60. The van der Waals surface area contributed by atoms with Gasteiger partial charge in [-0.25, -0.2) is 9.19 Å². The zero-order valence-electron chi connectivity index (χ0n) is 16.2. The highest BCUT2D eigenvalue weighted by Crippen LogP contribution is 2.27. The van der Waals surface area contributed by atoms with Crippen LogP contribution in [0.15, 0.2) is 94.9 Å². The molecule has 0 radical (unpaired) electrons. The summed E-state index contributed by atoms with van der Waals surface area (Å²) in [5.41, 5.74) is 1.86. The van der Waals surface area contributed by atoms with E-state index in [9.17, 15) is 9.00 Å². The first-order valence-electron chi connectivity index (χ1n) is 9.27. The van der Waals surface area contributed by atoms with Crippen LogP contribution in [0.25, 0.3) is 16.6 Å². The topological polar surface area (TPSA) is 55.2 Å². The third kappa shape index (κ3) is 3.64. The van der Waals surface area contributed by atoms with Crippen LogP contribution in [0.3, 0.4) is 0 Å². The van der Waals surface area contributed by atoms with Crippen molar-refractivity contribution in [1.29, 1.82) is 0 Å². The van der Waals surface area contributed by atoms with E-state index in [4.69, 9.17) is 0 Å². The van der Waals surface area contributed by atoms with E-state index in [1.54, 1.807) is 12.1 Å². The number of hydrogen-bond donors (Lipinski definition) is 0. The van der Waals surface area contributed by atoms with Gasteiger partial charge in [0.25, 0.3) is 5.56 Å². The van der Waals surface area contributed by atoms with Crippen LogP contribution in [-0.4, -0.2) is 32.8 Å². The smallest absolute Gasteiger partial charge is 0.266 e. The Kier molecular flexibility index (Phi) is 5.38. The van der Waals surface area contributed by atoms with E-state index in [0.717, 1.165) is 5.56 Å². The molecule has 2 atom stereocenters. The molecule has 6 heteroatoms. The van der Waals surface area contributed by atoms with Gasteiger partial charge in [0.1, 0.15) is 16.2 Å². The fraction of sp³-hybridized carbons (Fsp3) is 0.130. The molecule has 0 bridgehead atoms. The third-order valence-corrected chi connectivity index (χ3v) is 6.43. The van der Waals surface area contributed by atoms with Crippen molar-refractivity contribution in [2.75, 3.05) is 14.1 Å². The van der Waals surface area contributed by atoms with Crippen LogP contribution >= 0.6 is 0 Å². The normalized spacial score (nSPS) is 13.5. The lowest BCUT2D eigenvalue weighted by molar-refractivity contribution is 0.381. The first-order valence-corrected chi connectivity index (χ1v) is 10.5. The minimum Gasteiger partial charge on any atom is -0.291 e. The van der Waals surface area contributed by atoms with Gasteiger partial charge in [0.05, 0.1) is 16.6 Å². The molecule has 4 rings (SSSR count). The maximum absolute atomic E-state index is 13.8. The largest absolute Gasteiger partial charge is 0.291 e. The summed E-state index contributed by atoms with van der Waals surface area (Å²) in [6, 6.07) is 26.0. The molecule has 0 spiro atoms. The van der Waals surface area contributed by atoms with Crippen LogP contribution in [0.4, 0.5) is 0 Å². The molecule has 1 aromatic heterocycles. The molecule has 0 fully saturated rings. The molecule has 0 saturated carbocycles. The number of benzene rings is 3. The molecule has 5 nitrogen and oxygen atoms in total. The van der Waals surface area contributed by atoms with Crippen molar-refractivity contribution in [2.45, 2.75) is 10.5 Å². The Morgan fingerprint density at radius 1 is 0.862 bits per heavy atom. The Morgan fingerprint density at radius 3 is 2.10 bits per heavy atom. The van der Waals surface area contributed by atoms with Gasteiger partial charge in [-0.05, 0) is 43.9 Å². The van der Waals surface area contributed by atoms with Gasteiger partial charge in [-0.2, -0.15) is 0 Å². The summed E-state index contributed by atoms with van der Waals surface area (Å²) >= 11 is 0. The summed E-state index contributed by atoms with van der Waals surface area (Å²) in [5.74, 6) is 0. The van der Waals surface area contributed by atoms with Crippen LogP contribution in [-0.2, 0) is 10.8 Å². The third-order valence-electron chi connectivity index (χ3n) is 4.70. The first kappa shape index (κ1) is 19.2. The van der Waals surface area contributed by atoms with Crippen LogP contribution in [0.5, 0.6) is 0 Å². The molecule has 1 heterocycles. The summed E-state index contributed by atoms with van der Waals surface area (Å²) in [7, 11) is 2.15. The van der Waals surface area contributed by atoms with E-state index in [-0.39, 0.29) is 10.7 Å². The number of para-hydroxylation sites is 2. The predicted molar refractivity (Wildman–Crippen MR) is 117 cm³/mol. The van der Waals surface area contributed by atoms with Gasteiger partial charge in [0.15, 0.2) is 0 Å². The molecule has 29 heavy (non-hydrogen) atoms. The summed E-state index contributed by atoms with van der Waals surface area (Å²) in [6.07, 6.45) is 0. The molecule has 4 aromatic rings. The first-order chi connectivity index (χ1) is 14.1. The number of rotatable bonds is 5. The van der Waals surface area contributed by atoms with Gasteiger partial charge in [-0.3, -0.25) is 14.3 Å². The lowest BCUT2D eigenvalue weighted by Crippen LogP contribution is -2.30. The number of hydrogen-bond acceptors (Lipinski definition) is 4. The van der Waals surface area contributed by atoms with Crippen LogP contribution in [0.2, 0.25) is 0 Å². The number of aromatic nitrogens is 2. The molecule has 0 saturated heterocycles. The molecule has 146 valence electrons. The van der Waals surface area contributed by atoms with Gasteiger partial charge in [0, 0.05) is 0 Å². The zero-order chi connectivity index (χ0) is 20.4. The Labute approximate surface area is 171 Å². The van der Waals surface area contributed by atoms with Crippen molar-refractivity contribution in [1.82, 2.24) is 14.5 Å². The molecule has 0 aliphatic rings. The van der Waals surface area contributed by atoms with Gasteiger partial charge in [-0.15, -0.1) is 0 Å². The molecule has 0 N–H and O–H groups in total. The SMILES string of the molecule is CN(C)C(c1ccccc1)S(=O)c1nc2ccccc2c(=O)n1-c1ccccc1. The van der Waals surface area contributed by atoms with Crippen molar-refractivity contribution >= 4 is 21.7 Å². The molecule has 0 aliphatic carbocycles. The maximum atomic E-state index is 13.8. The van der Waals surface area contributed by atoms with Gasteiger partial charge in [0.2, 0.25) is 5.16 Å². The van der Waals surface area contributed by atoms with E-state index in [2.05, 4.69) is 4.98 Å². The van der Waals surface area contributed by atoms with Crippen molar-refractivity contribution in [3.05, 3.63) is 101 Å². The second-order valence-electron chi connectivity index (χ2n) is 6.91. The maximum Gasteiger partial charge on any atom is 0.266 e. The Morgan fingerprint density at radius 2 is 1.45 bits per heavy atom. The Balaban J connectivity index is 1.99. The Hall–Kier alpha value is -3.09. The van der Waals surface area contributed by atoms with Crippen molar-refractivity contribution in [2.24, 2.45) is 0 Å². The van der Waals surface area contributed by atoms with E-state index in [1.807, 2.05) is 91.8 Å². The molecular formula is C23H21N3O2S. The van der Waals surface area contributed by atoms with Crippen molar-refractivity contribution in [3.63, 3.8) is 0 Å². The summed E-state index contributed by atoms with van der Waals surface area (Å²) < 4.78 is 15.3. The zero-order valence-corrected chi connectivity index (χ0v) is 17.0. The van der Waals surface area contributed by atoms with Crippen LogP contribution in [0.1, 0.15) is 10.9 Å². The fourth-order valence-electron chi connectivity index (χ4n) is 3.38. The lowest BCUT2D eigenvalue weighted by atomic mass is 10.2. The fourth-order valence-corrected chi connectivity index (χ4v) is 4.93. The van der Waals surface area contributed by atoms with E-state index >= 15 is 0 Å². The highest BCUT2D eigenvalue weighted by molar-refractivity contribution is 7.85. The van der Waals surface area contributed by atoms with Gasteiger partial charge >= 0.3 is 0 Å². The summed E-state index contributed by atoms with van der Waals surface area (Å²) in [5, 5.41) is 0.292. The summed E-state index contributed by atoms with van der Waals surface area (Å²) in [4.78, 5) is 19.9. The van der Waals surface area contributed by atoms with Gasteiger partial charge in [-0.1, -0.05) is 60.7 Å². The monoisotopic (exact) mass is 403 g/mol. The lowest BCUT2D eigenvalue weighted by Gasteiger charge is -2.25. The quantitative estimate of drug-likeness (QED) is 0.476. The average molecular weight is 404 g/mol. The van der Waals surface area contributed by atoms with Crippen LogP contribution < -0.4 is 5.56 Å². The molecule has 3 aromatic carbocycles. The van der Waals surface area contributed by atoms with Crippen molar-refractivity contribution < 1.29 is 4.21 Å². The number of fused-ring (bicyclic) bond motifs is 1. The standard InChI is InChI=1S/C23H21N3O2S/c1-25(2)22(17-11-5-3-6-12-17)29(28)23-24-20-16-10-9-15-19(20)21(27)26(23)18-13-7-4-8-14-18/h3-16,22H,1-2H3. The van der Waals surface area contributed by atoms with E-state index in [1.165, 1.54) is 4.57 Å². The Bertz CT molecular complexity index is 1220. The van der Waals surface area contributed by atoms with Crippen molar-refractivity contribution in [3.8, 4) is 5.69 Å². The molecule has 0 aliphatic heterocycles. The second kappa shape index (κ2) is 8.11. The molecule has 2 unspecified atom stereocenters.